The van der Waals surface area contributed by atoms with Gasteiger partial charge in [0.25, 0.3) is 0 Å². The molecular formula is C18H23N3. The summed E-state index contributed by atoms with van der Waals surface area (Å²) in [7, 11) is 0. The maximum atomic E-state index is 4.84. The molecule has 3 heteroatoms. The number of hydrogen-bond donors (Lipinski definition) is 1. The van der Waals surface area contributed by atoms with E-state index in [4.69, 9.17) is 9.97 Å². The average molecular weight is 281 g/mol. The van der Waals surface area contributed by atoms with Crippen LogP contribution in [0.25, 0.3) is 0 Å². The Labute approximate surface area is 126 Å². The Hall–Kier alpha value is -1.90. The molecule has 0 radical (unpaired) electrons. The summed E-state index contributed by atoms with van der Waals surface area (Å²) in [5.74, 6) is 2.31. The van der Waals surface area contributed by atoms with Gasteiger partial charge >= 0.3 is 0 Å². The number of aromatic nitrogens is 2. The lowest BCUT2D eigenvalue weighted by molar-refractivity contribution is 0.714. The van der Waals surface area contributed by atoms with Crippen LogP contribution in [0.1, 0.15) is 55.3 Å². The monoisotopic (exact) mass is 281 g/mol. The summed E-state index contributed by atoms with van der Waals surface area (Å²) in [5.41, 5.74) is 4.02. The average Bonchev–Trinajstić information content (AvgIpc) is 2.92. The van der Waals surface area contributed by atoms with E-state index in [1.165, 1.54) is 11.1 Å². The number of aryl methyl sites for hydroxylation is 2. The zero-order valence-corrected chi connectivity index (χ0v) is 12.9. The molecule has 0 saturated heterocycles. The first kappa shape index (κ1) is 14.1. The molecule has 1 aromatic carbocycles. The Balaban J connectivity index is 1.98. The molecule has 1 aliphatic carbocycles. The molecular weight excluding hydrogens is 258 g/mol. The van der Waals surface area contributed by atoms with Crippen LogP contribution >= 0.6 is 0 Å². The van der Waals surface area contributed by atoms with Gasteiger partial charge in [-0.3, -0.25) is 0 Å². The maximum absolute atomic E-state index is 4.84. The van der Waals surface area contributed by atoms with Crippen LogP contribution in [-0.4, -0.2) is 16.5 Å². The van der Waals surface area contributed by atoms with Crippen molar-refractivity contribution in [2.24, 2.45) is 0 Å². The second-order valence-corrected chi connectivity index (χ2v) is 5.67. The summed E-state index contributed by atoms with van der Waals surface area (Å²) in [5, 5.41) is 3.34. The zero-order chi connectivity index (χ0) is 14.7. The van der Waals surface area contributed by atoms with Crippen LogP contribution < -0.4 is 5.32 Å². The first-order valence-corrected chi connectivity index (χ1v) is 8.01. The second-order valence-electron chi connectivity index (χ2n) is 5.67. The van der Waals surface area contributed by atoms with Crippen molar-refractivity contribution in [2.75, 3.05) is 11.9 Å². The fraction of sp³-hybridized carbons (Fsp3) is 0.444. The highest BCUT2D eigenvalue weighted by atomic mass is 15.0. The van der Waals surface area contributed by atoms with Crippen molar-refractivity contribution in [2.45, 2.75) is 45.4 Å². The summed E-state index contributed by atoms with van der Waals surface area (Å²) in [4.78, 5) is 9.60. The highest BCUT2D eigenvalue weighted by Crippen LogP contribution is 2.36. The molecule has 1 N–H and O–H groups in total. The molecule has 0 spiro atoms. The highest BCUT2D eigenvalue weighted by Gasteiger charge is 2.26. The summed E-state index contributed by atoms with van der Waals surface area (Å²) in [6.45, 7) is 5.19. The Morgan fingerprint density at radius 2 is 2.05 bits per heavy atom. The predicted molar refractivity (Wildman–Crippen MR) is 86.8 cm³/mol. The number of anilines is 1. The van der Waals surface area contributed by atoms with Crippen LogP contribution in [0.15, 0.2) is 30.3 Å². The van der Waals surface area contributed by atoms with Crippen molar-refractivity contribution in [1.29, 1.82) is 0 Å². The van der Waals surface area contributed by atoms with Crippen LogP contribution in [0.3, 0.4) is 0 Å². The normalized spacial score (nSPS) is 16.8. The van der Waals surface area contributed by atoms with Gasteiger partial charge in [-0.2, -0.15) is 0 Å². The van der Waals surface area contributed by atoms with Gasteiger partial charge in [0.2, 0.25) is 0 Å². The lowest BCUT2D eigenvalue weighted by Gasteiger charge is -2.14. The van der Waals surface area contributed by atoms with Gasteiger partial charge in [-0.05, 0) is 37.3 Å². The first-order chi connectivity index (χ1) is 10.3. The third kappa shape index (κ3) is 2.92. The number of hydrogen-bond acceptors (Lipinski definition) is 3. The van der Waals surface area contributed by atoms with Crippen LogP contribution in [0, 0.1) is 0 Å². The van der Waals surface area contributed by atoms with Gasteiger partial charge in [0, 0.05) is 24.2 Å². The molecule has 1 aromatic heterocycles. The molecule has 1 unspecified atom stereocenters. The van der Waals surface area contributed by atoms with E-state index in [0.29, 0.717) is 5.92 Å². The van der Waals surface area contributed by atoms with Crippen LogP contribution in [0.4, 0.5) is 5.82 Å². The molecule has 0 aliphatic heterocycles. The van der Waals surface area contributed by atoms with Gasteiger partial charge < -0.3 is 5.32 Å². The van der Waals surface area contributed by atoms with E-state index < -0.39 is 0 Å². The standard InChI is InChI=1S/C18H23N3/c1-3-7-14-12-17(19-4-2)21-18(20-14)16-11-10-13-8-5-6-9-15(13)16/h5-6,8-9,12,16H,3-4,7,10-11H2,1-2H3,(H,19,20,21). The molecule has 0 saturated carbocycles. The van der Waals surface area contributed by atoms with Gasteiger partial charge in [0.15, 0.2) is 0 Å². The summed E-state index contributed by atoms with van der Waals surface area (Å²) in [6.07, 6.45) is 4.39. The Bertz CT molecular complexity index is 597. The summed E-state index contributed by atoms with van der Waals surface area (Å²) >= 11 is 0. The van der Waals surface area contributed by atoms with Crippen molar-refractivity contribution in [3.05, 3.63) is 53.0 Å². The van der Waals surface area contributed by atoms with Gasteiger partial charge in [-0.15, -0.1) is 0 Å². The molecule has 3 nitrogen and oxygen atoms in total. The molecule has 1 aliphatic rings. The Morgan fingerprint density at radius 3 is 2.86 bits per heavy atom. The third-order valence-electron chi connectivity index (χ3n) is 4.11. The van der Waals surface area contributed by atoms with E-state index in [0.717, 1.165) is 49.6 Å². The van der Waals surface area contributed by atoms with Crippen LogP contribution in [0.2, 0.25) is 0 Å². The summed E-state index contributed by atoms with van der Waals surface area (Å²) in [6, 6.07) is 10.8. The minimum atomic E-state index is 0.357. The largest absolute Gasteiger partial charge is 0.370 e. The third-order valence-corrected chi connectivity index (χ3v) is 4.11. The first-order valence-electron chi connectivity index (χ1n) is 8.01. The SMILES string of the molecule is CCCc1cc(NCC)nc(C2CCc3ccccc32)n1. The van der Waals surface area contributed by atoms with Crippen molar-refractivity contribution < 1.29 is 0 Å². The van der Waals surface area contributed by atoms with E-state index in [1.54, 1.807) is 0 Å². The van der Waals surface area contributed by atoms with E-state index in [9.17, 15) is 0 Å². The minimum Gasteiger partial charge on any atom is -0.370 e. The van der Waals surface area contributed by atoms with E-state index in [1.807, 2.05) is 0 Å². The molecule has 0 bridgehead atoms. The molecule has 3 rings (SSSR count). The van der Waals surface area contributed by atoms with Crippen molar-refractivity contribution in [3.63, 3.8) is 0 Å². The Morgan fingerprint density at radius 1 is 1.19 bits per heavy atom. The fourth-order valence-corrected chi connectivity index (χ4v) is 3.15. The van der Waals surface area contributed by atoms with Gasteiger partial charge in [0.1, 0.15) is 11.6 Å². The molecule has 1 atom stereocenters. The number of nitrogens with zero attached hydrogens (tertiary/aromatic N) is 2. The lowest BCUT2D eigenvalue weighted by Crippen LogP contribution is -2.09. The molecule has 0 fully saturated rings. The molecule has 2 aromatic rings. The minimum absolute atomic E-state index is 0.357. The molecule has 110 valence electrons. The molecule has 21 heavy (non-hydrogen) atoms. The Kier molecular flexibility index (Phi) is 4.18. The zero-order valence-electron chi connectivity index (χ0n) is 12.9. The second kappa shape index (κ2) is 6.25. The lowest BCUT2D eigenvalue weighted by atomic mass is 10.0. The van der Waals surface area contributed by atoms with E-state index in [-0.39, 0.29) is 0 Å². The van der Waals surface area contributed by atoms with Crippen molar-refractivity contribution in [1.82, 2.24) is 9.97 Å². The van der Waals surface area contributed by atoms with Crippen molar-refractivity contribution in [3.8, 4) is 0 Å². The van der Waals surface area contributed by atoms with Gasteiger partial charge in [0.05, 0.1) is 0 Å². The quantitative estimate of drug-likeness (QED) is 0.902. The number of fused-ring (bicyclic) bond motifs is 1. The smallest absolute Gasteiger partial charge is 0.138 e. The maximum Gasteiger partial charge on any atom is 0.138 e. The van der Waals surface area contributed by atoms with Gasteiger partial charge in [-0.25, -0.2) is 9.97 Å². The number of nitrogens with one attached hydrogen (secondary N) is 1. The summed E-state index contributed by atoms with van der Waals surface area (Å²) < 4.78 is 0. The molecule has 0 amide bonds. The van der Waals surface area contributed by atoms with E-state index >= 15 is 0 Å². The fourth-order valence-electron chi connectivity index (χ4n) is 3.15. The topological polar surface area (TPSA) is 37.8 Å². The number of benzene rings is 1. The highest BCUT2D eigenvalue weighted by molar-refractivity contribution is 5.42. The van der Waals surface area contributed by atoms with Crippen LogP contribution in [-0.2, 0) is 12.8 Å². The van der Waals surface area contributed by atoms with Crippen molar-refractivity contribution >= 4 is 5.82 Å². The van der Waals surface area contributed by atoms with Gasteiger partial charge in [-0.1, -0.05) is 37.6 Å². The molecule has 1 heterocycles. The van der Waals surface area contributed by atoms with E-state index in [2.05, 4.69) is 49.5 Å². The predicted octanol–water partition coefficient (Wildman–Crippen LogP) is 3.94. The van der Waals surface area contributed by atoms with Crippen LogP contribution in [0.5, 0.6) is 0 Å². The number of rotatable bonds is 5.